The zero-order valence-electron chi connectivity index (χ0n) is 12.6. The second kappa shape index (κ2) is 6.33. The van der Waals surface area contributed by atoms with Crippen molar-refractivity contribution in [1.82, 2.24) is 9.97 Å². The summed E-state index contributed by atoms with van der Waals surface area (Å²) >= 11 is 0. The lowest BCUT2D eigenvalue weighted by Gasteiger charge is -2.25. The van der Waals surface area contributed by atoms with Gasteiger partial charge in [0.25, 0.3) is 0 Å². The first-order valence-corrected chi connectivity index (χ1v) is 7.53. The number of hydrogen-bond donors (Lipinski definition) is 1. The maximum atomic E-state index is 10.7. The predicted molar refractivity (Wildman–Crippen MR) is 77.8 cm³/mol. The number of carboxylic acid groups (broad SMARTS) is 1. The minimum Gasteiger partial charge on any atom is -0.481 e. The maximum absolute atomic E-state index is 10.7. The largest absolute Gasteiger partial charge is 0.481 e. The van der Waals surface area contributed by atoms with Crippen LogP contribution in [0.1, 0.15) is 67.7 Å². The number of aryl methyl sites for hydroxylation is 2. The number of hydrogen-bond acceptors (Lipinski definition) is 3. The molecule has 0 saturated heterocycles. The van der Waals surface area contributed by atoms with Gasteiger partial charge in [0.2, 0.25) is 0 Å². The van der Waals surface area contributed by atoms with Crippen LogP contribution in [0, 0.1) is 19.8 Å². The summed E-state index contributed by atoms with van der Waals surface area (Å²) in [7, 11) is 0. The number of aliphatic carboxylic acids is 1. The second-order valence-electron chi connectivity index (χ2n) is 6.08. The van der Waals surface area contributed by atoms with E-state index in [-0.39, 0.29) is 6.42 Å². The molecule has 0 atom stereocenters. The summed E-state index contributed by atoms with van der Waals surface area (Å²) in [5.74, 6) is 1.50. The van der Waals surface area contributed by atoms with Gasteiger partial charge in [-0.2, -0.15) is 0 Å². The summed E-state index contributed by atoms with van der Waals surface area (Å²) in [4.78, 5) is 20.0. The van der Waals surface area contributed by atoms with E-state index in [0.29, 0.717) is 12.3 Å². The maximum Gasteiger partial charge on any atom is 0.303 e. The van der Waals surface area contributed by atoms with Crippen LogP contribution < -0.4 is 0 Å². The van der Waals surface area contributed by atoms with Gasteiger partial charge in [0.1, 0.15) is 5.82 Å². The van der Waals surface area contributed by atoms with E-state index in [2.05, 4.69) is 16.9 Å². The minimum atomic E-state index is -0.769. The summed E-state index contributed by atoms with van der Waals surface area (Å²) < 4.78 is 0. The molecule has 20 heavy (non-hydrogen) atoms. The lowest BCUT2D eigenvalue weighted by Crippen LogP contribution is -2.16. The Morgan fingerprint density at radius 1 is 1.15 bits per heavy atom. The third kappa shape index (κ3) is 3.56. The highest BCUT2D eigenvalue weighted by atomic mass is 16.4. The highest BCUT2D eigenvalue weighted by Gasteiger charge is 2.23. The monoisotopic (exact) mass is 276 g/mol. The lowest BCUT2D eigenvalue weighted by atomic mass is 9.82. The molecule has 1 aromatic heterocycles. The van der Waals surface area contributed by atoms with Gasteiger partial charge in [-0.05, 0) is 44.6 Å². The molecule has 1 aliphatic rings. The van der Waals surface area contributed by atoms with Gasteiger partial charge in [-0.15, -0.1) is 0 Å². The van der Waals surface area contributed by atoms with E-state index >= 15 is 0 Å². The molecule has 1 fully saturated rings. The van der Waals surface area contributed by atoms with Gasteiger partial charge in [0.05, 0.1) is 0 Å². The molecule has 1 heterocycles. The van der Waals surface area contributed by atoms with Crippen LogP contribution in [-0.4, -0.2) is 21.0 Å². The Labute approximate surface area is 120 Å². The first-order valence-electron chi connectivity index (χ1n) is 7.53. The summed E-state index contributed by atoms with van der Waals surface area (Å²) in [6.45, 7) is 6.25. The summed E-state index contributed by atoms with van der Waals surface area (Å²) in [5.41, 5.74) is 2.90. The zero-order valence-corrected chi connectivity index (χ0v) is 12.6. The van der Waals surface area contributed by atoms with Crippen molar-refractivity contribution in [3.63, 3.8) is 0 Å². The summed E-state index contributed by atoms with van der Waals surface area (Å²) in [5, 5.41) is 8.80. The quantitative estimate of drug-likeness (QED) is 0.915. The predicted octanol–water partition coefficient (Wildman–Crippen LogP) is 3.40. The van der Waals surface area contributed by atoms with E-state index in [1.54, 1.807) is 0 Å². The van der Waals surface area contributed by atoms with E-state index in [1.165, 1.54) is 25.7 Å². The van der Waals surface area contributed by atoms with Crippen LogP contribution in [0.25, 0.3) is 0 Å². The fraction of sp³-hybridized carbons (Fsp3) is 0.688. The van der Waals surface area contributed by atoms with Crippen molar-refractivity contribution in [2.75, 3.05) is 0 Å². The molecular formula is C16H24N2O2. The third-order valence-corrected chi connectivity index (χ3v) is 4.41. The Bertz CT molecular complexity index is 468. The average molecular weight is 276 g/mol. The van der Waals surface area contributed by atoms with Gasteiger partial charge in [0, 0.05) is 23.7 Å². The molecule has 0 radical (unpaired) electrons. The molecule has 4 heteroatoms. The van der Waals surface area contributed by atoms with Crippen molar-refractivity contribution in [3.05, 3.63) is 22.8 Å². The zero-order chi connectivity index (χ0) is 14.7. The fourth-order valence-corrected chi connectivity index (χ4v) is 3.06. The minimum absolute atomic E-state index is 0.144. The number of rotatable bonds is 4. The van der Waals surface area contributed by atoms with Crippen LogP contribution in [0.5, 0.6) is 0 Å². The normalized spacial score (nSPS) is 22.8. The van der Waals surface area contributed by atoms with Gasteiger partial charge in [-0.3, -0.25) is 4.79 Å². The van der Waals surface area contributed by atoms with Gasteiger partial charge >= 0.3 is 5.97 Å². The first-order chi connectivity index (χ1) is 9.47. The Hall–Kier alpha value is -1.45. The molecule has 0 aliphatic heterocycles. The van der Waals surface area contributed by atoms with Crippen molar-refractivity contribution < 1.29 is 9.90 Å². The van der Waals surface area contributed by atoms with Crippen LogP contribution >= 0.6 is 0 Å². The molecule has 2 rings (SSSR count). The highest BCUT2D eigenvalue weighted by Crippen LogP contribution is 2.34. The van der Waals surface area contributed by atoms with Crippen molar-refractivity contribution in [1.29, 1.82) is 0 Å². The van der Waals surface area contributed by atoms with Crippen molar-refractivity contribution >= 4 is 5.97 Å². The highest BCUT2D eigenvalue weighted by molar-refractivity contribution is 5.67. The molecule has 0 aromatic carbocycles. The molecule has 110 valence electrons. The Kier molecular flexibility index (Phi) is 4.73. The molecule has 4 nitrogen and oxygen atoms in total. The van der Waals surface area contributed by atoms with Crippen molar-refractivity contribution in [3.8, 4) is 0 Å². The Morgan fingerprint density at radius 2 is 1.70 bits per heavy atom. The van der Waals surface area contributed by atoms with E-state index < -0.39 is 5.97 Å². The van der Waals surface area contributed by atoms with Crippen molar-refractivity contribution in [2.45, 2.75) is 65.2 Å². The topological polar surface area (TPSA) is 63.1 Å². The average Bonchev–Trinajstić information content (AvgIpc) is 2.38. The first kappa shape index (κ1) is 14.9. The van der Waals surface area contributed by atoms with Crippen LogP contribution in [0.3, 0.4) is 0 Å². The van der Waals surface area contributed by atoms with Crippen LogP contribution in [0.2, 0.25) is 0 Å². The molecule has 0 spiro atoms. The van der Waals surface area contributed by atoms with Gasteiger partial charge in [-0.1, -0.05) is 19.8 Å². The van der Waals surface area contributed by atoms with Crippen LogP contribution in [-0.2, 0) is 11.2 Å². The number of carbonyl (C=O) groups is 1. The molecule has 1 aliphatic carbocycles. The Balaban J connectivity index is 2.15. The third-order valence-electron chi connectivity index (χ3n) is 4.41. The Morgan fingerprint density at radius 3 is 2.20 bits per heavy atom. The number of carboxylic acids is 1. The second-order valence-corrected chi connectivity index (χ2v) is 6.08. The lowest BCUT2D eigenvalue weighted by molar-refractivity contribution is -0.136. The van der Waals surface area contributed by atoms with Gasteiger partial charge in [0.15, 0.2) is 0 Å². The van der Waals surface area contributed by atoms with Crippen LogP contribution in [0.4, 0.5) is 0 Å². The van der Waals surface area contributed by atoms with Gasteiger partial charge < -0.3 is 5.11 Å². The fourth-order valence-electron chi connectivity index (χ4n) is 3.06. The number of aromatic nitrogens is 2. The number of nitrogens with zero attached hydrogens (tertiary/aromatic N) is 2. The molecule has 1 saturated carbocycles. The molecule has 0 bridgehead atoms. The molecule has 0 amide bonds. The van der Waals surface area contributed by atoms with Crippen molar-refractivity contribution in [2.24, 2.45) is 5.92 Å². The molecular weight excluding hydrogens is 252 g/mol. The van der Waals surface area contributed by atoms with E-state index in [9.17, 15) is 4.79 Å². The van der Waals surface area contributed by atoms with E-state index in [1.807, 2.05) is 13.8 Å². The SMILES string of the molecule is Cc1nc(C2CCC(C)CC2)nc(C)c1CCC(=O)O. The standard InChI is InChI=1S/C16H24N2O2/c1-10-4-6-13(7-5-10)16-17-11(2)14(12(3)18-16)8-9-15(19)20/h10,13H,4-9H2,1-3H3,(H,19,20). The smallest absolute Gasteiger partial charge is 0.303 e. The van der Waals surface area contributed by atoms with E-state index in [0.717, 1.165) is 28.7 Å². The molecule has 0 unspecified atom stereocenters. The molecule has 1 N–H and O–H groups in total. The van der Waals surface area contributed by atoms with Gasteiger partial charge in [-0.25, -0.2) is 9.97 Å². The molecule has 1 aromatic rings. The summed E-state index contributed by atoms with van der Waals surface area (Å²) in [6, 6.07) is 0. The summed E-state index contributed by atoms with van der Waals surface area (Å²) in [6.07, 6.45) is 5.53. The van der Waals surface area contributed by atoms with Crippen LogP contribution in [0.15, 0.2) is 0 Å². The van der Waals surface area contributed by atoms with E-state index in [4.69, 9.17) is 5.11 Å².